The van der Waals surface area contributed by atoms with Gasteiger partial charge in [-0.05, 0) is 67.0 Å². The number of carbonyl (C=O) groups excluding carboxylic acids is 1. The van der Waals surface area contributed by atoms with E-state index < -0.39 is 0 Å². The molecule has 1 amide bonds. The minimum atomic E-state index is -0.130. The van der Waals surface area contributed by atoms with Crippen molar-refractivity contribution in [3.63, 3.8) is 0 Å². The van der Waals surface area contributed by atoms with Crippen LogP contribution in [0.25, 0.3) is 0 Å². The molecular weight excluding hydrogens is 284 g/mol. The number of likely N-dealkylation sites (tertiary alicyclic amines) is 1. The van der Waals surface area contributed by atoms with Crippen LogP contribution in [0.3, 0.4) is 0 Å². The number of furan rings is 1. The van der Waals surface area contributed by atoms with Crippen molar-refractivity contribution >= 4 is 21.8 Å². The Labute approximate surface area is 109 Å². The van der Waals surface area contributed by atoms with Crippen LogP contribution in [0.1, 0.15) is 23.4 Å². The van der Waals surface area contributed by atoms with Crippen LogP contribution >= 0.6 is 15.9 Å². The molecule has 0 aromatic carbocycles. The summed E-state index contributed by atoms with van der Waals surface area (Å²) >= 11 is 3.18. The molecule has 1 aromatic rings. The van der Waals surface area contributed by atoms with Crippen molar-refractivity contribution in [3.05, 3.63) is 22.6 Å². The summed E-state index contributed by atoms with van der Waals surface area (Å²) in [6.07, 6.45) is 2.30. The zero-order valence-electron chi connectivity index (χ0n) is 9.91. The Hall–Kier alpha value is -0.810. The van der Waals surface area contributed by atoms with Crippen LogP contribution in [0, 0.1) is 5.92 Å². The first kappa shape index (κ1) is 12.6. The van der Waals surface area contributed by atoms with Crippen LogP contribution in [0.2, 0.25) is 0 Å². The van der Waals surface area contributed by atoms with Crippen LogP contribution in [0.5, 0.6) is 0 Å². The molecule has 0 radical (unpaired) electrons. The minimum Gasteiger partial charge on any atom is -0.444 e. The lowest BCUT2D eigenvalue weighted by Crippen LogP contribution is -2.36. The molecule has 5 heteroatoms. The van der Waals surface area contributed by atoms with Gasteiger partial charge in [0.05, 0.1) is 0 Å². The Bertz CT molecular complexity index is 384. The summed E-state index contributed by atoms with van der Waals surface area (Å²) in [5, 5.41) is 2.92. The molecule has 17 heavy (non-hydrogen) atoms. The summed E-state index contributed by atoms with van der Waals surface area (Å²) in [7, 11) is 2.13. The highest BCUT2D eigenvalue weighted by Crippen LogP contribution is 2.16. The van der Waals surface area contributed by atoms with Crippen molar-refractivity contribution in [2.24, 2.45) is 5.92 Å². The van der Waals surface area contributed by atoms with Crippen LogP contribution in [-0.4, -0.2) is 37.5 Å². The molecule has 1 N–H and O–H groups in total. The van der Waals surface area contributed by atoms with Gasteiger partial charge < -0.3 is 14.6 Å². The topological polar surface area (TPSA) is 45.5 Å². The zero-order chi connectivity index (χ0) is 12.3. The quantitative estimate of drug-likeness (QED) is 0.930. The molecule has 2 rings (SSSR count). The van der Waals surface area contributed by atoms with Gasteiger partial charge >= 0.3 is 0 Å². The Kier molecular flexibility index (Phi) is 4.23. The molecule has 1 aromatic heterocycles. The molecule has 2 heterocycles. The smallest absolute Gasteiger partial charge is 0.287 e. The molecule has 1 aliphatic rings. The predicted molar refractivity (Wildman–Crippen MR) is 69.0 cm³/mol. The van der Waals surface area contributed by atoms with Gasteiger partial charge in [-0.25, -0.2) is 0 Å². The van der Waals surface area contributed by atoms with Crippen molar-refractivity contribution in [2.45, 2.75) is 12.8 Å². The van der Waals surface area contributed by atoms with Gasteiger partial charge in [-0.2, -0.15) is 0 Å². The maximum atomic E-state index is 11.7. The average molecular weight is 301 g/mol. The molecular formula is C12H17BrN2O2. The molecule has 1 aliphatic heterocycles. The van der Waals surface area contributed by atoms with Crippen molar-refractivity contribution in [2.75, 3.05) is 26.7 Å². The van der Waals surface area contributed by atoms with E-state index in [1.807, 2.05) is 0 Å². The first-order chi connectivity index (χ1) is 8.15. The standard InChI is InChI=1S/C12H17BrN2O2/c1-15-6-4-9(5-7-15)8-14-12(16)10-2-3-11(13)17-10/h2-3,9H,4-8H2,1H3,(H,14,16). The fourth-order valence-electron chi connectivity index (χ4n) is 2.03. The molecule has 94 valence electrons. The number of hydrogen-bond acceptors (Lipinski definition) is 3. The Morgan fingerprint density at radius 2 is 2.24 bits per heavy atom. The zero-order valence-corrected chi connectivity index (χ0v) is 11.5. The number of rotatable bonds is 3. The number of halogens is 1. The van der Waals surface area contributed by atoms with Gasteiger partial charge in [0.25, 0.3) is 5.91 Å². The van der Waals surface area contributed by atoms with E-state index in [1.165, 1.54) is 0 Å². The number of piperidine rings is 1. The largest absolute Gasteiger partial charge is 0.444 e. The third-order valence-corrected chi connectivity index (χ3v) is 3.61. The second kappa shape index (κ2) is 5.69. The highest BCUT2D eigenvalue weighted by atomic mass is 79.9. The average Bonchev–Trinajstić information content (AvgIpc) is 2.75. The second-order valence-corrected chi connectivity index (χ2v) is 5.34. The van der Waals surface area contributed by atoms with Gasteiger partial charge in [-0.1, -0.05) is 0 Å². The molecule has 0 spiro atoms. The van der Waals surface area contributed by atoms with Crippen molar-refractivity contribution in [1.82, 2.24) is 10.2 Å². The van der Waals surface area contributed by atoms with Gasteiger partial charge in [-0.15, -0.1) is 0 Å². The highest BCUT2D eigenvalue weighted by Gasteiger charge is 2.18. The Morgan fingerprint density at radius 1 is 1.53 bits per heavy atom. The normalized spacial score (nSPS) is 18.2. The number of nitrogens with zero attached hydrogens (tertiary/aromatic N) is 1. The summed E-state index contributed by atoms with van der Waals surface area (Å²) in [6.45, 7) is 2.98. The number of hydrogen-bond donors (Lipinski definition) is 1. The summed E-state index contributed by atoms with van der Waals surface area (Å²) in [4.78, 5) is 14.1. The Morgan fingerprint density at radius 3 is 2.82 bits per heavy atom. The van der Waals surface area contributed by atoms with Crippen LogP contribution < -0.4 is 5.32 Å². The minimum absolute atomic E-state index is 0.130. The monoisotopic (exact) mass is 300 g/mol. The Balaban J connectivity index is 1.76. The van der Waals surface area contributed by atoms with Gasteiger partial charge in [0.15, 0.2) is 10.4 Å². The fourth-order valence-corrected chi connectivity index (χ4v) is 2.33. The van der Waals surface area contributed by atoms with Gasteiger partial charge in [0.1, 0.15) is 0 Å². The summed E-state index contributed by atoms with van der Waals surface area (Å²) in [6, 6.07) is 3.40. The maximum Gasteiger partial charge on any atom is 0.287 e. The third kappa shape index (κ3) is 3.57. The van der Waals surface area contributed by atoms with Gasteiger partial charge in [-0.3, -0.25) is 4.79 Å². The van der Waals surface area contributed by atoms with E-state index in [-0.39, 0.29) is 5.91 Å². The van der Waals surface area contributed by atoms with Crippen molar-refractivity contribution in [1.29, 1.82) is 0 Å². The first-order valence-electron chi connectivity index (χ1n) is 5.87. The third-order valence-electron chi connectivity index (χ3n) is 3.19. The molecule has 0 atom stereocenters. The molecule has 0 saturated carbocycles. The number of amides is 1. The van der Waals surface area contributed by atoms with E-state index in [1.54, 1.807) is 12.1 Å². The lowest BCUT2D eigenvalue weighted by Gasteiger charge is -2.28. The SMILES string of the molecule is CN1CCC(CNC(=O)c2ccc(Br)o2)CC1. The predicted octanol–water partition coefficient (Wildman–Crippen LogP) is 2.11. The van der Waals surface area contributed by atoms with E-state index in [0.717, 1.165) is 32.5 Å². The fraction of sp³-hybridized carbons (Fsp3) is 0.583. The first-order valence-corrected chi connectivity index (χ1v) is 6.66. The van der Waals surface area contributed by atoms with Gasteiger partial charge in [0.2, 0.25) is 0 Å². The van der Waals surface area contributed by atoms with Crippen molar-refractivity contribution in [3.8, 4) is 0 Å². The lowest BCUT2D eigenvalue weighted by molar-refractivity contribution is 0.0910. The summed E-state index contributed by atoms with van der Waals surface area (Å²) in [5.74, 6) is 0.827. The molecule has 4 nitrogen and oxygen atoms in total. The number of carbonyl (C=O) groups is 1. The van der Waals surface area contributed by atoms with E-state index in [9.17, 15) is 4.79 Å². The maximum absolute atomic E-state index is 11.7. The molecule has 1 saturated heterocycles. The van der Waals surface area contributed by atoms with E-state index in [0.29, 0.717) is 16.3 Å². The molecule has 0 unspecified atom stereocenters. The highest BCUT2D eigenvalue weighted by molar-refractivity contribution is 9.10. The van der Waals surface area contributed by atoms with Crippen LogP contribution in [0.15, 0.2) is 21.2 Å². The van der Waals surface area contributed by atoms with E-state index >= 15 is 0 Å². The number of nitrogens with one attached hydrogen (secondary N) is 1. The van der Waals surface area contributed by atoms with Gasteiger partial charge in [0, 0.05) is 6.54 Å². The molecule has 1 fully saturated rings. The van der Waals surface area contributed by atoms with E-state index in [4.69, 9.17) is 4.42 Å². The second-order valence-electron chi connectivity index (χ2n) is 4.56. The lowest BCUT2D eigenvalue weighted by atomic mass is 9.97. The summed E-state index contributed by atoms with van der Waals surface area (Å²) in [5.41, 5.74) is 0. The van der Waals surface area contributed by atoms with Crippen molar-refractivity contribution < 1.29 is 9.21 Å². The molecule has 0 aliphatic carbocycles. The molecule has 0 bridgehead atoms. The van der Waals surface area contributed by atoms with E-state index in [2.05, 4.69) is 33.2 Å². The summed E-state index contributed by atoms with van der Waals surface area (Å²) < 4.78 is 5.78. The van der Waals surface area contributed by atoms with Crippen LogP contribution in [-0.2, 0) is 0 Å². The van der Waals surface area contributed by atoms with Crippen LogP contribution in [0.4, 0.5) is 0 Å².